The maximum atomic E-state index is 12.7. The fourth-order valence-electron chi connectivity index (χ4n) is 4.03. The van der Waals surface area contributed by atoms with Gasteiger partial charge in [0.25, 0.3) is 5.91 Å². The maximum absolute atomic E-state index is 12.7. The summed E-state index contributed by atoms with van der Waals surface area (Å²) in [5, 5.41) is 2.91. The zero-order valence-electron chi connectivity index (χ0n) is 14.6. The highest BCUT2D eigenvalue weighted by atomic mass is 32.2. The van der Waals surface area contributed by atoms with Crippen LogP contribution in [0, 0.1) is 0 Å². The van der Waals surface area contributed by atoms with Gasteiger partial charge in [0.05, 0.1) is 28.6 Å². The highest BCUT2D eigenvalue weighted by Crippen LogP contribution is 2.23. The second-order valence-electron chi connectivity index (χ2n) is 7.19. The fourth-order valence-corrected chi connectivity index (χ4v) is 5.98. The molecule has 2 unspecified atom stereocenters. The number of H-pyrrole nitrogens is 1. The Morgan fingerprint density at radius 2 is 1.96 bits per heavy atom. The van der Waals surface area contributed by atoms with Gasteiger partial charge in [0, 0.05) is 18.7 Å². The van der Waals surface area contributed by atoms with E-state index in [1.807, 2.05) is 0 Å². The van der Waals surface area contributed by atoms with E-state index in [1.54, 1.807) is 25.2 Å². The molecule has 2 atom stereocenters. The first-order valence-corrected chi connectivity index (χ1v) is 10.6. The monoisotopic (exact) mass is 378 g/mol. The molecule has 140 valence electrons. The SMILES string of the molecule is Cn1c(=O)[nH]c2cc(C(=O)NC3CS(=O)(=O)CC3N3CCCC3)ccc21. The van der Waals surface area contributed by atoms with Crippen molar-refractivity contribution >= 4 is 26.8 Å². The molecule has 0 bridgehead atoms. The van der Waals surface area contributed by atoms with Crippen molar-refractivity contribution in [3.05, 3.63) is 34.2 Å². The van der Waals surface area contributed by atoms with E-state index in [4.69, 9.17) is 0 Å². The van der Waals surface area contributed by atoms with Crippen LogP contribution < -0.4 is 11.0 Å². The second-order valence-corrected chi connectivity index (χ2v) is 9.34. The van der Waals surface area contributed by atoms with Crippen LogP contribution >= 0.6 is 0 Å². The van der Waals surface area contributed by atoms with Crippen molar-refractivity contribution in [1.29, 1.82) is 0 Å². The van der Waals surface area contributed by atoms with Gasteiger partial charge in [-0.2, -0.15) is 0 Å². The molecule has 8 nitrogen and oxygen atoms in total. The number of nitrogens with one attached hydrogen (secondary N) is 2. The summed E-state index contributed by atoms with van der Waals surface area (Å²) < 4.78 is 25.7. The van der Waals surface area contributed by atoms with Crippen LogP contribution in [-0.2, 0) is 16.9 Å². The van der Waals surface area contributed by atoms with Crippen LogP contribution in [0.3, 0.4) is 0 Å². The molecule has 0 saturated carbocycles. The first-order chi connectivity index (χ1) is 12.3. The molecule has 4 rings (SSSR count). The van der Waals surface area contributed by atoms with Gasteiger partial charge >= 0.3 is 5.69 Å². The van der Waals surface area contributed by atoms with Gasteiger partial charge in [0.15, 0.2) is 9.84 Å². The van der Waals surface area contributed by atoms with E-state index >= 15 is 0 Å². The fraction of sp³-hybridized carbons (Fsp3) is 0.529. The molecule has 1 aromatic carbocycles. The second kappa shape index (κ2) is 6.24. The Morgan fingerprint density at radius 3 is 2.69 bits per heavy atom. The molecular formula is C17H22N4O4S. The van der Waals surface area contributed by atoms with Crippen molar-refractivity contribution in [3.63, 3.8) is 0 Å². The molecule has 2 aliphatic rings. The zero-order valence-corrected chi connectivity index (χ0v) is 15.4. The zero-order chi connectivity index (χ0) is 18.5. The van der Waals surface area contributed by atoms with Gasteiger partial charge in [0.2, 0.25) is 0 Å². The Balaban J connectivity index is 1.57. The van der Waals surface area contributed by atoms with E-state index in [1.165, 1.54) is 4.57 Å². The molecule has 2 fully saturated rings. The normalized spacial score (nSPS) is 25.7. The van der Waals surface area contributed by atoms with Gasteiger partial charge in [-0.05, 0) is 44.1 Å². The Bertz CT molecular complexity index is 1020. The van der Waals surface area contributed by atoms with Crippen molar-refractivity contribution in [2.45, 2.75) is 24.9 Å². The van der Waals surface area contributed by atoms with E-state index < -0.39 is 15.9 Å². The number of hydrogen-bond acceptors (Lipinski definition) is 5. The summed E-state index contributed by atoms with van der Waals surface area (Å²) >= 11 is 0. The number of hydrogen-bond donors (Lipinski definition) is 2. The molecule has 0 radical (unpaired) electrons. The summed E-state index contributed by atoms with van der Waals surface area (Å²) in [5.41, 5.74) is 1.46. The topological polar surface area (TPSA) is 104 Å². The number of carbonyl (C=O) groups excluding carboxylic acids is 1. The van der Waals surface area contributed by atoms with Crippen LogP contribution in [-0.4, -0.2) is 65.5 Å². The number of sulfone groups is 1. The number of aromatic nitrogens is 2. The smallest absolute Gasteiger partial charge is 0.326 e. The van der Waals surface area contributed by atoms with E-state index in [0.29, 0.717) is 16.6 Å². The number of amides is 1. The standard InChI is InChI=1S/C17H22N4O4S/c1-20-14-5-4-11(8-12(14)19-17(20)23)16(22)18-13-9-26(24,25)10-15(13)21-6-2-3-7-21/h4-5,8,13,15H,2-3,6-7,9-10H2,1H3,(H,18,22)(H,19,23). The van der Waals surface area contributed by atoms with Gasteiger partial charge in [0.1, 0.15) is 0 Å². The average Bonchev–Trinajstić information content (AvgIpc) is 3.27. The maximum Gasteiger partial charge on any atom is 0.326 e. The number of benzene rings is 1. The highest BCUT2D eigenvalue weighted by Gasteiger charge is 2.42. The first-order valence-electron chi connectivity index (χ1n) is 8.78. The van der Waals surface area contributed by atoms with Crippen LogP contribution in [0.1, 0.15) is 23.2 Å². The minimum atomic E-state index is -3.15. The number of rotatable bonds is 3. The molecule has 26 heavy (non-hydrogen) atoms. The summed E-state index contributed by atoms with van der Waals surface area (Å²) in [6.07, 6.45) is 2.13. The van der Waals surface area contributed by atoms with Crippen molar-refractivity contribution in [1.82, 2.24) is 19.8 Å². The number of likely N-dealkylation sites (tertiary alicyclic amines) is 1. The van der Waals surface area contributed by atoms with E-state index in [9.17, 15) is 18.0 Å². The van der Waals surface area contributed by atoms with Crippen molar-refractivity contribution in [3.8, 4) is 0 Å². The number of fused-ring (bicyclic) bond motifs is 1. The van der Waals surface area contributed by atoms with Crippen LogP contribution in [0.25, 0.3) is 11.0 Å². The van der Waals surface area contributed by atoms with E-state index in [2.05, 4.69) is 15.2 Å². The summed E-state index contributed by atoms with van der Waals surface area (Å²) in [5.74, 6) is -0.240. The van der Waals surface area contributed by atoms with Crippen molar-refractivity contribution in [2.24, 2.45) is 7.05 Å². The molecule has 1 amide bonds. The van der Waals surface area contributed by atoms with Crippen LogP contribution in [0.4, 0.5) is 0 Å². The van der Waals surface area contributed by atoms with Gasteiger partial charge in [-0.25, -0.2) is 13.2 Å². The molecule has 2 saturated heterocycles. The number of imidazole rings is 1. The molecule has 0 spiro atoms. The molecule has 0 aliphatic carbocycles. The third-order valence-electron chi connectivity index (χ3n) is 5.42. The Morgan fingerprint density at radius 1 is 1.23 bits per heavy atom. The van der Waals surface area contributed by atoms with E-state index in [0.717, 1.165) is 25.9 Å². The third kappa shape index (κ3) is 3.05. The molecule has 9 heteroatoms. The number of carbonyl (C=O) groups is 1. The summed E-state index contributed by atoms with van der Waals surface area (Å²) in [7, 11) is -1.50. The summed E-state index contributed by atoms with van der Waals surface area (Å²) in [6, 6.07) is 4.42. The predicted molar refractivity (Wildman–Crippen MR) is 98.0 cm³/mol. The Labute approximate surface area is 151 Å². The third-order valence-corrected chi connectivity index (χ3v) is 7.13. The van der Waals surface area contributed by atoms with E-state index in [-0.39, 0.29) is 29.1 Å². The Kier molecular flexibility index (Phi) is 4.15. The number of aromatic amines is 1. The average molecular weight is 378 g/mol. The lowest BCUT2D eigenvalue weighted by molar-refractivity contribution is 0.0919. The Hall–Kier alpha value is -2.13. The number of nitrogens with zero attached hydrogens (tertiary/aromatic N) is 2. The number of aryl methyl sites for hydroxylation is 1. The lowest BCUT2D eigenvalue weighted by atomic mass is 10.1. The van der Waals surface area contributed by atoms with Gasteiger partial charge < -0.3 is 10.3 Å². The largest absolute Gasteiger partial charge is 0.347 e. The van der Waals surface area contributed by atoms with Crippen LogP contribution in [0.5, 0.6) is 0 Å². The quantitative estimate of drug-likeness (QED) is 0.774. The summed E-state index contributed by atoms with van der Waals surface area (Å²) in [6.45, 7) is 1.76. The molecular weight excluding hydrogens is 356 g/mol. The van der Waals surface area contributed by atoms with Crippen LogP contribution in [0.2, 0.25) is 0 Å². The lowest BCUT2D eigenvalue weighted by Gasteiger charge is -2.28. The van der Waals surface area contributed by atoms with Crippen molar-refractivity contribution < 1.29 is 13.2 Å². The lowest BCUT2D eigenvalue weighted by Crippen LogP contribution is -2.50. The molecule has 2 N–H and O–H groups in total. The van der Waals surface area contributed by atoms with Crippen molar-refractivity contribution in [2.75, 3.05) is 24.6 Å². The molecule has 2 aromatic rings. The molecule has 2 aliphatic heterocycles. The summed E-state index contributed by atoms with van der Waals surface area (Å²) in [4.78, 5) is 29.3. The highest BCUT2D eigenvalue weighted by molar-refractivity contribution is 7.91. The van der Waals surface area contributed by atoms with Crippen LogP contribution in [0.15, 0.2) is 23.0 Å². The van der Waals surface area contributed by atoms with Gasteiger partial charge in [-0.15, -0.1) is 0 Å². The van der Waals surface area contributed by atoms with Gasteiger partial charge in [-0.1, -0.05) is 0 Å². The minimum absolute atomic E-state index is 0.0235. The molecule has 3 heterocycles. The molecule has 1 aromatic heterocycles. The van der Waals surface area contributed by atoms with Gasteiger partial charge in [-0.3, -0.25) is 14.3 Å². The predicted octanol–water partition coefficient (Wildman–Crippen LogP) is -0.142. The first kappa shape index (κ1) is 17.3. The minimum Gasteiger partial charge on any atom is -0.347 e.